The normalized spacial score (nSPS) is 25.1. The predicted octanol–water partition coefficient (Wildman–Crippen LogP) is 2.45. The number of urea groups is 1. The van der Waals surface area contributed by atoms with Gasteiger partial charge in [-0.15, -0.1) is 4.36 Å². The molecule has 4 aliphatic rings. The molecule has 1 saturated heterocycles. The van der Waals surface area contributed by atoms with Gasteiger partial charge in [0.15, 0.2) is 9.92 Å². The molecule has 2 aromatic rings. The molecule has 3 N–H and O–H groups in total. The summed E-state index contributed by atoms with van der Waals surface area (Å²) < 4.78 is 30.3. The minimum absolute atomic E-state index is 0.153. The van der Waals surface area contributed by atoms with E-state index in [-0.39, 0.29) is 17.0 Å². The fourth-order valence-corrected chi connectivity index (χ4v) is 6.96. The smallest absolute Gasteiger partial charge is 0.354 e. The maximum Gasteiger partial charge on any atom is 0.354 e. The van der Waals surface area contributed by atoms with E-state index in [1.807, 2.05) is 0 Å². The van der Waals surface area contributed by atoms with Crippen LogP contribution in [0.4, 0.5) is 10.5 Å². The third-order valence-corrected chi connectivity index (χ3v) is 9.26. The number of aryl methyl sites for hydroxylation is 2. The Morgan fingerprint density at radius 1 is 1.29 bits per heavy atom. The van der Waals surface area contributed by atoms with Gasteiger partial charge in [0.05, 0.1) is 24.9 Å². The molecule has 0 saturated carbocycles. The zero-order valence-electron chi connectivity index (χ0n) is 20.2. The van der Waals surface area contributed by atoms with E-state index in [2.05, 4.69) is 32.7 Å². The van der Waals surface area contributed by atoms with Crippen LogP contribution in [-0.4, -0.2) is 63.9 Å². The van der Waals surface area contributed by atoms with E-state index < -0.39 is 15.9 Å². The number of carbonyl (C=O) groups excluding carboxylic acids is 1. The third-order valence-electron chi connectivity index (χ3n) is 7.91. The zero-order valence-corrected chi connectivity index (χ0v) is 21.0. The van der Waals surface area contributed by atoms with Crippen molar-refractivity contribution in [1.82, 2.24) is 14.7 Å². The van der Waals surface area contributed by atoms with Crippen LogP contribution in [0.1, 0.15) is 47.9 Å². The van der Waals surface area contributed by atoms with Gasteiger partial charge in [0.1, 0.15) is 11.5 Å². The van der Waals surface area contributed by atoms with Crippen LogP contribution >= 0.6 is 0 Å². The Morgan fingerprint density at radius 3 is 2.91 bits per heavy atom. The number of nitrogens with two attached hydrogens (primary N) is 1. The fraction of sp³-hybridized carbons (Fsp3) is 0.583. The zero-order chi connectivity index (χ0) is 24.3. The summed E-state index contributed by atoms with van der Waals surface area (Å²) in [4.78, 5) is 15.4. The third kappa shape index (κ3) is 3.94. The summed E-state index contributed by atoms with van der Waals surface area (Å²) in [5, 5.41) is 13.4. The Hall–Kier alpha value is -2.47. The van der Waals surface area contributed by atoms with E-state index >= 15 is 0 Å². The fourth-order valence-electron chi connectivity index (χ4n) is 5.95. The van der Waals surface area contributed by atoms with E-state index in [0.717, 1.165) is 50.9 Å². The lowest BCUT2D eigenvalue weighted by Crippen LogP contribution is -2.59. The number of nitrogens with zero attached hydrogens (tertiary/aromatic N) is 4. The number of hydrogen-bond acceptors (Lipinski definition) is 6. The van der Waals surface area contributed by atoms with Crippen LogP contribution in [0.3, 0.4) is 0 Å². The molecule has 1 aromatic carbocycles. The SMILES string of the molecule is COC1CN([C@@H]2COc3c(S(N)(=O)=NC(=O)Nc4c5c(cc6c4[C@@H](C)CC6)CCC5)cnn3C2)C1. The van der Waals surface area contributed by atoms with Crippen molar-refractivity contribution in [3.8, 4) is 5.88 Å². The first-order valence-corrected chi connectivity index (χ1v) is 13.9. The first kappa shape index (κ1) is 23.0. The van der Waals surface area contributed by atoms with E-state index in [1.54, 1.807) is 11.8 Å². The predicted molar refractivity (Wildman–Crippen MR) is 131 cm³/mol. The number of carbonyl (C=O) groups is 1. The first-order valence-electron chi connectivity index (χ1n) is 12.3. The number of ether oxygens (including phenoxy) is 2. The van der Waals surface area contributed by atoms with Gasteiger partial charge in [-0.25, -0.2) is 18.8 Å². The van der Waals surface area contributed by atoms with Gasteiger partial charge in [0.25, 0.3) is 0 Å². The van der Waals surface area contributed by atoms with E-state index in [9.17, 15) is 9.00 Å². The number of benzene rings is 1. The van der Waals surface area contributed by atoms with E-state index in [1.165, 1.54) is 28.5 Å². The number of aromatic nitrogens is 2. The van der Waals surface area contributed by atoms with Crippen molar-refractivity contribution < 1.29 is 18.5 Å². The minimum Gasteiger partial charge on any atom is -0.475 e. The quantitative estimate of drug-likeness (QED) is 0.665. The van der Waals surface area contributed by atoms with Crippen molar-refractivity contribution in [2.24, 2.45) is 9.50 Å². The van der Waals surface area contributed by atoms with Crippen molar-refractivity contribution in [1.29, 1.82) is 0 Å². The average molecular weight is 501 g/mol. The Bertz CT molecular complexity index is 1310. The number of anilines is 1. The average Bonchev–Trinajstić information content (AvgIpc) is 3.51. The van der Waals surface area contributed by atoms with Crippen molar-refractivity contribution in [3.63, 3.8) is 0 Å². The number of methoxy groups -OCH3 is 1. The van der Waals surface area contributed by atoms with Gasteiger partial charge in [-0.2, -0.15) is 5.10 Å². The highest BCUT2D eigenvalue weighted by Crippen LogP contribution is 2.44. The summed E-state index contributed by atoms with van der Waals surface area (Å²) >= 11 is 0. The number of amides is 2. The second-order valence-electron chi connectivity index (χ2n) is 10.1. The number of fused-ring (bicyclic) bond motifs is 3. The molecule has 10 nitrogen and oxygen atoms in total. The summed E-state index contributed by atoms with van der Waals surface area (Å²) in [5.74, 6) is 0.687. The maximum absolute atomic E-state index is 13.4. The molecule has 1 aromatic heterocycles. The maximum atomic E-state index is 13.4. The number of rotatable bonds is 4. The van der Waals surface area contributed by atoms with Crippen LogP contribution in [0.2, 0.25) is 0 Å². The van der Waals surface area contributed by atoms with Crippen molar-refractivity contribution >= 4 is 21.6 Å². The second-order valence-corrected chi connectivity index (χ2v) is 11.9. The van der Waals surface area contributed by atoms with Gasteiger partial charge in [-0.05, 0) is 60.3 Å². The van der Waals surface area contributed by atoms with Crippen LogP contribution in [0.15, 0.2) is 21.5 Å². The van der Waals surface area contributed by atoms with Crippen LogP contribution in [0.5, 0.6) is 5.88 Å². The molecule has 3 atom stereocenters. The van der Waals surface area contributed by atoms with Crippen molar-refractivity contribution in [2.75, 3.05) is 32.1 Å². The highest BCUT2D eigenvalue weighted by atomic mass is 32.2. The van der Waals surface area contributed by atoms with Crippen LogP contribution < -0.4 is 15.2 Å². The molecule has 1 unspecified atom stereocenters. The van der Waals surface area contributed by atoms with Gasteiger partial charge in [0.2, 0.25) is 5.88 Å². The molecular formula is C24H32N6O4S. The molecule has 11 heteroatoms. The molecule has 0 radical (unpaired) electrons. The topological polar surface area (TPSA) is 124 Å². The van der Waals surface area contributed by atoms with Gasteiger partial charge in [-0.1, -0.05) is 13.0 Å². The van der Waals surface area contributed by atoms with Crippen LogP contribution in [-0.2, 0) is 40.5 Å². The molecular weight excluding hydrogens is 468 g/mol. The summed E-state index contributed by atoms with van der Waals surface area (Å²) in [7, 11) is -1.82. The van der Waals surface area contributed by atoms with Gasteiger partial charge in [0, 0.05) is 25.9 Å². The molecule has 6 rings (SSSR count). The largest absolute Gasteiger partial charge is 0.475 e. The monoisotopic (exact) mass is 500 g/mol. The molecule has 35 heavy (non-hydrogen) atoms. The Morgan fingerprint density at radius 2 is 2.11 bits per heavy atom. The number of likely N-dealkylation sites (tertiary alicyclic amines) is 1. The van der Waals surface area contributed by atoms with Gasteiger partial charge >= 0.3 is 6.03 Å². The molecule has 2 aliphatic carbocycles. The van der Waals surface area contributed by atoms with E-state index in [4.69, 9.17) is 14.6 Å². The summed E-state index contributed by atoms with van der Waals surface area (Å²) in [6.07, 6.45) is 6.76. The van der Waals surface area contributed by atoms with Gasteiger partial charge < -0.3 is 14.8 Å². The minimum atomic E-state index is -3.54. The molecule has 2 amide bonds. The molecule has 2 aliphatic heterocycles. The van der Waals surface area contributed by atoms with Crippen molar-refractivity contribution in [3.05, 3.63) is 34.5 Å². The van der Waals surface area contributed by atoms with Gasteiger partial charge in [-0.3, -0.25) is 4.90 Å². The summed E-state index contributed by atoms with van der Waals surface area (Å²) in [6, 6.07) is 1.76. The molecule has 3 heterocycles. The van der Waals surface area contributed by atoms with Crippen molar-refractivity contribution in [2.45, 2.75) is 68.5 Å². The lowest BCUT2D eigenvalue weighted by Gasteiger charge is -2.44. The Labute approximate surface area is 205 Å². The second kappa shape index (κ2) is 8.58. The van der Waals surface area contributed by atoms with E-state index in [0.29, 0.717) is 24.9 Å². The summed E-state index contributed by atoms with van der Waals surface area (Å²) in [5.41, 5.74) is 5.83. The lowest BCUT2D eigenvalue weighted by molar-refractivity contribution is -0.0687. The molecule has 1 fully saturated rings. The standard InChI is InChI=1S/C24H32N6O4S/c1-14-6-7-16-8-15-4-3-5-19(15)22(21(14)16)27-24(31)28-35(25,32)20-9-26-30-10-17(13-34-23(20)30)29-11-18(12-29)33-2/h8-9,14,17-18H,3-7,10-13H2,1-2H3,(H3,25,27,28,31,32)/t14-,17-,35?/m0/s1. The Balaban J connectivity index is 1.24. The highest BCUT2D eigenvalue weighted by molar-refractivity contribution is 7.91. The number of hydrogen-bond donors (Lipinski definition) is 2. The lowest BCUT2D eigenvalue weighted by atomic mass is 9.95. The molecule has 0 spiro atoms. The molecule has 0 bridgehead atoms. The van der Waals surface area contributed by atoms with Crippen LogP contribution in [0, 0.1) is 0 Å². The summed E-state index contributed by atoms with van der Waals surface area (Å²) in [6.45, 7) is 4.90. The number of nitrogens with one attached hydrogen (secondary N) is 1. The first-order chi connectivity index (χ1) is 16.8. The van der Waals surface area contributed by atoms with Crippen LogP contribution in [0.25, 0.3) is 0 Å². The molecule has 188 valence electrons. The highest BCUT2D eigenvalue weighted by Gasteiger charge is 2.37. The Kier molecular flexibility index (Phi) is 5.63.